The third-order valence-corrected chi connectivity index (χ3v) is 2.31. The molecule has 0 rings (SSSR count). The Morgan fingerprint density at radius 2 is 1.36 bits per heavy atom. The van der Waals surface area contributed by atoms with Crippen molar-refractivity contribution in [3.8, 4) is 0 Å². The molecule has 0 heterocycles. The predicted octanol–water partition coefficient (Wildman–Crippen LogP) is 2.42. The van der Waals surface area contributed by atoms with Crippen LogP contribution in [-0.4, -0.2) is 23.8 Å². The van der Waals surface area contributed by atoms with E-state index in [0.29, 0.717) is 6.04 Å². The van der Waals surface area contributed by atoms with E-state index in [2.05, 4.69) is 33.0 Å². The number of nitrogens with one attached hydrogen (secondary N) is 1. The van der Waals surface area contributed by atoms with Gasteiger partial charge in [0.1, 0.15) is 0 Å². The first-order valence-corrected chi connectivity index (χ1v) is 5.82. The molecule has 0 spiro atoms. The molecule has 0 radical (unpaired) electrons. The molecule has 0 aliphatic heterocycles. The number of hydrogen-bond acceptors (Lipinski definition) is 2. The Bertz CT molecular complexity index is 124. The van der Waals surface area contributed by atoms with Crippen molar-refractivity contribution in [2.45, 2.75) is 59.5 Å². The van der Waals surface area contributed by atoms with Gasteiger partial charge in [0.25, 0.3) is 0 Å². The molecule has 0 bridgehead atoms. The van der Waals surface area contributed by atoms with Gasteiger partial charge in [0.15, 0.2) is 0 Å². The van der Waals surface area contributed by atoms with Crippen LogP contribution >= 0.6 is 0 Å². The zero-order chi connectivity index (χ0) is 11.1. The van der Waals surface area contributed by atoms with Gasteiger partial charge in [-0.25, -0.2) is 0 Å². The summed E-state index contributed by atoms with van der Waals surface area (Å²) in [6.07, 6.45) is 2.39. The van der Waals surface area contributed by atoms with Gasteiger partial charge in [-0.2, -0.15) is 0 Å². The average Bonchev–Trinajstić information content (AvgIpc) is 2.01. The molecule has 0 aliphatic rings. The molecule has 2 N–H and O–H groups in total. The van der Waals surface area contributed by atoms with Crippen LogP contribution in [0.15, 0.2) is 0 Å². The van der Waals surface area contributed by atoms with Crippen LogP contribution in [0.5, 0.6) is 0 Å². The summed E-state index contributed by atoms with van der Waals surface area (Å²) < 4.78 is 0. The van der Waals surface area contributed by atoms with Gasteiger partial charge in [-0.3, -0.25) is 0 Å². The molecule has 0 aliphatic carbocycles. The van der Waals surface area contributed by atoms with Crippen LogP contribution in [-0.2, 0) is 0 Å². The standard InChI is InChI=1S/C12H27NO/c1-9(2)6-12(7-10(3)4)13-11(5)8-14/h9-14H,6-8H2,1-5H3/t11-/m0/s1. The van der Waals surface area contributed by atoms with Gasteiger partial charge >= 0.3 is 0 Å². The molecule has 86 valence electrons. The van der Waals surface area contributed by atoms with Gasteiger partial charge in [-0.05, 0) is 31.6 Å². The molecule has 0 aromatic rings. The van der Waals surface area contributed by atoms with Gasteiger partial charge < -0.3 is 10.4 Å². The molecule has 0 unspecified atom stereocenters. The topological polar surface area (TPSA) is 32.3 Å². The minimum atomic E-state index is 0.220. The summed E-state index contributed by atoms with van der Waals surface area (Å²) in [6, 6.07) is 0.773. The van der Waals surface area contributed by atoms with Crippen LogP contribution in [0.1, 0.15) is 47.5 Å². The fourth-order valence-corrected chi connectivity index (χ4v) is 1.83. The second-order valence-corrected chi connectivity index (χ2v) is 5.21. The first-order chi connectivity index (χ1) is 6.45. The normalized spacial score (nSPS) is 14.4. The van der Waals surface area contributed by atoms with Crippen LogP contribution in [0.3, 0.4) is 0 Å². The summed E-state index contributed by atoms with van der Waals surface area (Å²) in [6.45, 7) is 11.3. The zero-order valence-electron chi connectivity index (χ0n) is 10.4. The minimum absolute atomic E-state index is 0.220. The van der Waals surface area contributed by atoms with E-state index in [0.717, 1.165) is 11.8 Å². The predicted molar refractivity (Wildman–Crippen MR) is 62.4 cm³/mol. The molecule has 0 amide bonds. The van der Waals surface area contributed by atoms with E-state index in [1.54, 1.807) is 0 Å². The summed E-state index contributed by atoms with van der Waals surface area (Å²) in [4.78, 5) is 0. The highest BCUT2D eigenvalue weighted by molar-refractivity contribution is 4.73. The Morgan fingerprint density at radius 1 is 0.929 bits per heavy atom. The molecular weight excluding hydrogens is 174 g/mol. The first kappa shape index (κ1) is 13.9. The average molecular weight is 201 g/mol. The Kier molecular flexibility index (Phi) is 7.20. The smallest absolute Gasteiger partial charge is 0.0582 e. The Labute approximate surface area is 89.1 Å². The van der Waals surface area contributed by atoms with E-state index in [1.165, 1.54) is 12.8 Å². The second-order valence-electron chi connectivity index (χ2n) is 5.21. The number of aliphatic hydroxyl groups excluding tert-OH is 1. The molecule has 0 fully saturated rings. The van der Waals surface area contributed by atoms with Crippen LogP contribution in [0.2, 0.25) is 0 Å². The molecule has 14 heavy (non-hydrogen) atoms. The maximum Gasteiger partial charge on any atom is 0.0582 e. The fraction of sp³-hybridized carbons (Fsp3) is 1.00. The van der Waals surface area contributed by atoms with Gasteiger partial charge in [0.2, 0.25) is 0 Å². The third kappa shape index (κ3) is 7.34. The van der Waals surface area contributed by atoms with E-state index in [4.69, 9.17) is 5.11 Å². The Balaban J connectivity index is 3.96. The van der Waals surface area contributed by atoms with Gasteiger partial charge in [-0.15, -0.1) is 0 Å². The summed E-state index contributed by atoms with van der Waals surface area (Å²) in [7, 11) is 0. The van der Waals surface area contributed by atoms with Crippen molar-refractivity contribution < 1.29 is 5.11 Å². The lowest BCUT2D eigenvalue weighted by Gasteiger charge is -2.25. The molecule has 0 aromatic carbocycles. The Morgan fingerprint density at radius 3 is 1.64 bits per heavy atom. The molecular formula is C12H27NO. The number of hydrogen-bond donors (Lipinski definition) is 2. The van der Waals surface area contributed by atoms with Crippen molar-refractivity contribution in [1.29, 1.82) is 0 Å². The van der Waals surface area contributed by atoms with Crippen LogP contribution in [0.4, 0.5) is 0 Å². The molecule has 1 atom stereocenters. The fourth-order valence-electron chi connectivity index (χ4n) is 1.83. The summed E-state index contributed by atoms with van der Waals surface area (Å²) in [5, 5.41) is 12.5. The summed E-state index contributed by atoms with van der Waals surface area (Å²) >= 11 is 0. The lowest BCUT2D eigenvalue weighted by Crippen LogP contribution is -2.40. The summed E-state index contributed by atoms with van der Waals surface area (Å²) in [5.41, 5.74) is 0. The lowest BCUT2D eigenvalue weighted by molar-refractivity contribution is 0.226. The van der Waals surface area contributed by atoms with Crippen molar-refractivity contribution in [2.75, 3.05) is 6.61 Å². The van der Waals surface area contributed by atoms with Crippen molar-refractivity contribution in [3.63, 3.8) is 0 Å². The van der Waals surface area contributed by atoms with Crippen molar-refractivity contribution in [1.82, 2.24) is 5.32 Å². The Hall–Kier alpha value is -0.0800. The molecule has 0 saturated heterocycles. The maximum atomic E-state index is 8.99. The van der Waals surface area contributed by atoms with E-state index in [1.807, 2.05) is 6.92 Å². The SMILES string of the molecule is CC(C)CC(CC(C)C)N[C@@H](C)CO. The number of rotatable bonds is 7. The second kappa shape index (κ2) is 7.24. The van der Waals surface area contributed by atoms with Crippen LogP contribution < -0.4 is 5.32 Å². The molecule has 2 nitrogen and oxygen atoms in total. The zero-order valence-corrected chi connectivity index (χ0v) is 10.4. The van der Waals surface area contributed by atoms with E-state index >= 15 is 0 Å². The molecule has 0 saturated carbocycles. The molecule has 0 aromatic heterocycles. The summed E-state index contributed by atoms with van der Waals surface area (Å²) in [5.74, 6) is 1.44. The van der Waals surface area contributed by atoms with E-state index in [9.17, 15) is 0 Å². The van der Waals surface area contributed by atoms with E-state index < -0.39 is 0 Å². The van der Waals surface area contributed by atoms with Crippen molar-refractivity contribution >= 4 is 0 Å². The minimum Gasteiger partial charge on any atom is -0.395 e. The van der Waals surface area contributed by atoms with Crippen LogP contribution in [0.25, 0.3) is 0 Å². The van der Waals surface area contributed by atoms with Gasteiger partial charge in [0.05, 0.1) is 6.61 Å². The highest BCUT2D eigenvalue weighted by Crippen LogP contribution is 2.13. The van der Waals surface area contributed by atoms with Gasteiger partial charge in [-0.1, -0.05) is 27.7 Å². The van der Waals surface area contributed by atoms with E-state index in [-0.39, 0.29) is 12.6 Å². The van der Waals surface area contributed by atoms with Crippen molar-refractivity contribution in [2.24, 2.45) is 11.8 Å². The largest absolute Gasteiger partial charge is 0.395 e. The third-order valence-electron chi connectivity index (χ3n) is 2.31. The monoisotopic (exact) mass is 201 g/mol. The highest BCUT2D eigenvalue weighted by Gasteiger charge is 2.14. The molecule has 2 heteroatoms. The first-order valence-electron chi connectivity index (χ1n) is 5.82. The lowest BCUT2D eigenvalue weighted by atomic mass is 9.95. The van der Waals surface area contributed by atoms with Crippen LogP contribution in [0, 0.1) is 11.8 Å². The highest BCUT2D eigenvalue weighted by atomic mass is 16.3. The van der Waals surface area contributed by atoms with Crippen molar-refractivity contribution in [3.05, 3.63) is 0 Å². The maximum absolute atomic E-state index is 8.99. The van der Waals surface area contributed by atoms with Gasteiger partial charge in [0, 0.05) is 12.1 Å². The quantitative estimate of drug-likeness (QED) is 0.663. The number of aliphatic hydroxyl groups is 1.